The molecule has 0 spiro atoms. The molecule has 0 aliphatic carbocycles. The molecule has 2 heteroatoms. The number of carbonyl (C=O) groups is 1. The van der Waals surface area contributed by atoms with Gasteiger partial charge in [-0.15, -0.1) is 0 Å². The Morgan fingerprint density at radius 3 is 1.83 bits per heavy atom. The highest BCUT2D eigenvalue weighted by molar-refractivity contribution is 5.87. The van der Waals surface area contributed by atoms with Gasteiger partial charge in [0, 0.05) is 5.57 Å². The Labute approximate surface area is 113 Å². The highest BCUT2D eigenvalue weighted by atomic mass is 16.5. The summed E-state index contributed by atoms with van der Waals surface area (Å²) in [5.41, 5.74) is 0.479. The summed E-state index contributed by atoms with van der Waals surface area (Å²) in [5.74, 6) is 1.61. The summed E-state index contributed by atoms with van der Waals surface area (Å²) in [4.78, 5) is 11.7. The van der Waals surface area contributed by atoms with Gasteiger partial charge in [0.25, 0.3) is 0 Å². The molecule has 0 aliphatic heterocycles. The third-order valence-corrected chi connectivity index (χ3v) is 3.27. The average Bonchev–Trinajstić information content (AvgIpc) is 2.21. The standard InChI is InChI=1S/C16H30O2/c1-10(2)9-14(11(3)4)15(12(5)6)18-16(17)13(7)8/h10-12,14-15H,7,9H2,1-6,8H3. The number of carbonyl (C=O) groups excluding carboxylic acids is 1. The number of rotatable bonds is 7. The van der Waals surface area contributed by atoms with Crippen molar-refractivity contribution in [3.63, 3.8) is 0 Å². The van der Waals surface area contributed by atoms with Gasteiger partial charge in [-0.05, 0) is 37.0 Å². The zero-order valence-electron chi connectivity index (χ0n) is 13.1. The fraction of sp³-hybridized carbons (Fsp3) is 0.812. The molecule has 0 rings (SSSR count). The Kier molecular flexibility index (Phi) is 7.27. The molecule has 0 bridgehead atoms. The van der Waals surface area contributed by atoms with Crippen molar-refractivity contribution >= 4 is 5.97 Å². The first-order valence-electron chi connectivity index (χ1n) is 7.03. The summed E-state index contributed by atoms with van der Waals surface area (Å²) in [6.45, 7) is 18.4. The molecule has 0 saturated heterocycles. The SMILES string of the molecule is C=C(C)C(=O)OC(C(C)C)C(CC(C)C)C(C)C. The van der Waals surface area contributed by atoms with Crippen LogP contribution in [0, 0.1) is 23.7 Å². The smallest absolute Gasteiger partial charge is 0.333 e. The minimum absolute atomic E-state index is 0.0170. The molecule has 0 aromatic heterocycles. The third kappa shape index (κ3) is 5.70. The summed E-state index contributed by atoms with van der Waals surface area (Å²) < 4.78 is 5.66. The normalized spacial score (nSPS) is 15.0. The molecule has 18 heavy (non-hydrogen) atoms. The van der Waals surface area contributed by atoms with Gasteiger partial charge in [0.05, 0.1) is 0 Å². The maximum atomic E-state index is 11.7. The van der Waals surface area contributed by atoms with Gasteiger partial charge in [0.15, 0.2) is 0 Å². The van der Waals surface area contributed by atoms with E-state index in [2.05, 4.69) is 48.1 Å². The topological polar surface area (TPSA) is 26.3 Å². The lowest BCUT2D eigenvalue weighted by Gasteiger charge is -2.33. The molecule has 0 N–H and O–H groups in total. The van der Waals surface area contributed by atoms with Gasteiger partial charge < -0.3 is 4.74 Å². The maximum absolute atomic E-state index is 11.7. The first-order chi connectivity index (χ1) is 8.16. The zero-order chi connectivity index (χ0) is 14.5. The predicted octanol–water partition coefficient (Wildman–Crippen LogP) is 4.45. The largest absolute Gasteiger partial charge is 0.458 e. The molecule has 2 atom stereocenters. The average molecular weight is 254 g/mol. The first-order valence-corrected chi connectivity index (χ1v) is 7.03. The van der Waals surface area contributed by atoms with Crippen LogP contribution in [0.2, 0.25) is 0 Å². The van der Waals surface area contributed by atoms with Gasteiger partial charge in [-0.2, -0.15) is 0 Å². The highest BCUT2D eigenvalue weighted by Gasteiger charge is 2.31. The van der Waals surface area contributed by atoms with Gasteiger partial charge in [-0.25, -0.2) is 4.79 Å². The van der Waals surface area contributed by atoms with E-state index >= 15 is 0 Å². The van der Waals surface area contributed by atoms with Crippen LogP contribution < -0.4 is 0 Å². The van der Waals surface area contributed by atoms with E-state index in [9.17, 15) is 4.79 Å². The quantitative estimate of drug-likeness (QED) is 0.495. The van der Waals surface area contributed by atoms with Crippen LogP contribution in [-0.2, 0) is 9.53 Å². The molecule has 0 heterocycles. The van der Waals surface area contributed by atoms with Gasteiger partial charge in [-0.1, -0.05) is 48.1 Å². The van der Waals surface area contributed by atoms with E-state index in [0.29, 0.717) is 29.2 Å². The Bertz CT molecular complexity index is 277. The van der Waals surface area contributed by atoms with Crippen molar-refractivity contribution < 1.29 is 9.53 Å². The molecule has 0 aliphatic rings. The Morgan fingerprint density at radius 1 is 1.06 bits per heavy atom. The second-order valence-corrected chi connectivity index (χ2v) is 6.43. The van der Waals surface area contributed by atoms with E-state index < -0.39 is 0 Å². The zero-order valence-corrected chi connectivity index (χ0v) is 13.1. The summed E-state index contributed by atoms with van der Waals surface area (Å²) in [5, 5.41) is 0. The summed E-state index contributed by atoms with van der Waals surface area (Å²) in [6.07, 6.45) is 1.07. The number of esters is 1. The second-order valence-electron chi connectivity index (χ2n) is 6.43. The van der Waals surface area contributed by atoms with Crippen LogP contribution in [0.5, 0.6) is 0 Å². The van der Waals surface area contributed by atoms with Gasteiger partial charge in [0.2, 0.25) is 0 Å². The number of ether oxygens (including phenoxy) is 1. The summed E-state index contributed by atoms with van der Waals surface area (Å²) in [7, 11) is 0. The van der Waals surface area contributed by atoms with Crippen molar-refractivity contribution in [3.05, 3.63) is 12.2 Å². The minimum Gasteiger partial charge on any atom is -0.458 e. The maximum Gasteiger partial charge on any atom is 0.333 e. The van der Waals surface area contributed by atoms with Crippen molar-refractivity contribution in [2.75, 3.05) is 0 Å². The van der Waals surface area contributed by atoms with Crippen LogP contribution in [0.4, 0.5) is 0 Å². The van der Waals surface area contributed by atoms with Gasteiger partial charge >= 0.3 is 5.97 Å². The van der Waals surface area contributed by atoms with Gasteiger partial charge in [0.1, 0.15) is 6.10 Å². The Hall–Kier alpha value is -0.790. The Morgan fingerprint density at radius 2 is 1.56 bits per heavy atom. The lowest BCUT2D eigenvalue weighted by atomic mass is 9.79. The van der Waals surface area contributed by atoms with E-state index in [-0.39, 0.29) is 12.1 Å². The molecular formula is C16H30O2. The number of hydrogen-bond donors (Lipinski definition) is 0. The van der Waals surface area contributed by atoms with Crippen molar-refractivity contribution in [1.82, 2.24) is 0 Å². The molecule has 106 valence electrons. The first kappa shape index (κ1) is 17.2. The molecule has 0 aromatic carbocycles. The van der Waals surface area contributed by atoms with Crippen LogP contribution in [0.25, 0.3) is 0 Å². The summed E-state index contributed by atoms with van der Waals surface area (Å²) >= 11 is 0. The number of hydrogen-bond acceptors (Lipinski definition) is 2. The molecular weight excluding hydrogens is 224 g/mol. The molecule has 0 amide bonds. The Balaban J connectivity index is 4.92. The predicted molar refractivity (Wildman–Crippen MR) is 77.3 cm³/mol. The monoisotopic (exact) mass is 254 g/mol. The fourth-order valence-electron chi connectivity index (χ4n) is 2.27. The van der Waals surface area contributed by atoms with E-state index in [1.807, 2.05) is 0 Å². The van der Waals surface area contributed by atoms with E-state index in [1.54, 1.807) is 6.92 Å². The molecule has 2 nitrogen and oxygen atoms in total. The van der Waals surface area contributed by atoms with Crippen molar-refractivity contribution in [1.29, 1.82) is 0 Å². The second kappa shape index (κ2) is 7.60. The van der Waals surface area contributed by atoms with Gasteiger partial charge in [-0.3, -0.25) is 0 Å². The van der Waals surface area contributed by atoms with Crippen molar-refractivity contribution in [2.45, 2.75) is 61.0 Å². The van der Waals surface area contributed by atoms with Crippen LogP contribution >= 0.6 is 0 Å². The van der Waals surface area contributed by atoms with Crippen LogP contribution in [-0.4, -0.2) is 12.1 Å². The molecule has 0 saturated carbocycles. The molecule has 2 unspecified atom stereocenters. The van der Waals surface area contributed by atoms with E-state index in [0.717, 1.165) is 6.42 Å². The highest BCUT2D eigenvalue weighted by Crippen LogP contribution is 2.30. The van der Waals surface area contributed by atoms with E-state index in [1.165, 1.54) is 0 Å². The molecule has 0 aromatic rings. The fourth-order valence-corrected chi connectivity index (χ4v) is 2.27. The molecule has 0 fully saturated rings. The summed E-state index contributed by atoms with van der Waals surface area (Å²) in [6, 6.07) is 0. The lowest BCUT2D eigenvalue weighted by molar-refractivity contribution is -0.151. The van der Waals surface area contributed by atoms with Crippen LogP contribution in [0.3, 0.4) is 0 Å². The van der Waals surface area contributed by atoms with Crippen LogP contribution in [0.1, 0.15) is 54.9 Å². The van der Waals surface area contributed by atoms with Crippen molar-refractivity contribution in [3.8, 4) is 0 Å². The van der Waals surface area contributed by atoms with E-state index in [4.69, 9.17) is 4.74 Å². The lowest BCUT2D eigenvalue weighted by Crippen LogP contribution is -2.35. The van der Waals surface area contributed by atoms with Crippen LogP contribution in [0.15, 0.2) is 12.2 Å². The third-order valence-electron chi connectivity index (χ3n) is 3.27. The van der Waals surface area contributed by atoms with Crippen molar-refractivity contribution in [2.24, 2.45) is 23.7 Å². The minimum atomic E-state index is -0.261. The molecule has 0 radical (unpaired) electrons.